The summed E-state index contributed by atoms with van der Waals surface area (Å²) in [4.78, 5) is 4.57. The van der Waals surface area contributed by atoms with Crippen LogP contribution >= 0.6 is 0 Å². The van der Waals surface area contributed by atoms with Crippen molar-refractivity contribution in [2.45, 2.75) is 32.6 Å². The Bertz CT molecular complexity index is 795. The number of nitrogen functional groups attached to an aromatic ring is 1. The number of rotatable bonds is 3. The zero-order chi connectivity index (χ0) is 16.4. The Kier molecular flexibility index (Phi) is 3.90. The topological polar surface area (TPSA) is 67.6 Å². The van der Waals surface area contributed by atoms with Crippen molar-refractivity contribution < 1.29 is 0 Å². The van der Waals surface area contributed by atoms with Crippen LogP contribution in [0.2, 0.25) is 0 Å². The van der Waals surface area contributed by atoms with Crippen LogP contribution in [0, 0.1) is 0 Å². The van der Waals surface area contributed by atoms with E-state index in [0.717, 1.165) is 17.8 Å². The van der Waals surface area contributed by atoms with E-state index in [9.17, 15) is 0 Å². The molecule has 0 bridgehead atoms. The first-order chi connectivity index (χ1) is 10.9. The summed E-state index contributed by atoms with van der Waals surface area (Å²) in [5.41, 5.74) is 10.2. The van der Waals surface area contributed by atoms with Gasteiger partial charge in [-0.05, 0) is 28.7 Å². The minimum atomic E-state index is 0.172. The molecule has 3 N–H and O–H groups in total. The summed E-state index contributed by atoms with van der Waals surface area (Å²) in [6.45, 7) is 6.66. The summed E-state index contributed by atoms with van der Waals surface area (Å²) in [6.07, 6.45) is 0.736. The minimum absolute atomic E-state index is 0.172. The number of aromatic amines is 1. The van der Waals surface area contributed by atoms with Crippen LogP contribution in [0.1, 0.15) is 37.7 Å². The molecule has 0 atom stereocenters. The molecular weight excluding hydrogens is 284 g/mol. The summed E-state index contributed by atoms with van der Waals surface area (Å²) in [6, 6.07) is 16.3. The van der Waals surface area contributed by atoms with E-state index in [1.807, 2.05) is 24.3 Å². The molecule has 4 nitrogen and oxygen atoms in total. The highest BCUT2D eigenvalue weighted by Crippen LogP contribution is 2.23. The van der Waals surface area contributed by atoms with Crippen molar-refractivity contribution in [3.8, 4) is 11.4 Å². The molecule has 2 aromatic carbocycles. The summed E-state index contributed by atoms with van der Waals surface area (Å²) >= 11 is 0. The first-order valence-corrected chi connectivity index (χ1v) is 7.78. The number of aromatic nitrogens is 3. The van der Waals surface area contributed by atoms with Gasteiger partial charge < -0.3 is 5.73 Å². The van der Waals surface area contributed by atoms with Gasteiger partial charge >= 0.3 is 0 Å². The number of anilines is 1. The summed E-state index contributed by atoms with van der Waals surface area (Å²) < 4.78 is 0. The largest absolute Gasteiger partial charge is 0.399 e. The number of nitrogens with zero attached hydrogens (tertiary/aromatic N) is 2. The van der Waals surface area contributed by atoms with E-state index in [4.69, 9.17) is 5.73 Å². The zero-order valence-electron chi connectivity index (χ0n) is 13.8. The molecule has 1 aromatic heterocycles. The van der Waals surface area contributed by atoms with E-state index >= 15 is 0 Å². The third kappa shape index (κ3) is 3.59. The summed E-state index contributed by atoms with van der Waals surface area (Å²) in [7, 11) is 0. The predicted molar refractivity (Wildman–Crippen MR) is 94.2 cm³/mol. The van der Waals surface area contributed by atoms with Crippen LogP contribution in [0.25, 0.3) is 11.4 Å². The smallest absolute Gasteiger partial charge is 0.181 e. The van der Waals surface area contributed by atoms with Gasteiger partial charge in [0.2, 0.25) is 0 Å². The van der Waals surface area contributed by atoms with Gasteiger partial charge in [-0.3, -0.25) is 5.10 Å². The van der Waals surface area contributed by atoms with Crippen molar-refractivity contribution in [3.63, 3.8) is 0 Å². The minimum Gasteiger partial charge on any atom is -0.399 e. The number of nitrogens with two attached hydrogens (primary N) is 1. The van der Waals surface area contributed by atoms with Crippen molar-refractivity contribution in [1.82, 2.24) is 15.2 Å². The molecule has 0 aliphatic rings. The quantitative estimate of drug-likeness (QED) is 0.720. The SMILES string of the molecule is CC(C)(C)c1ccc(Cc2nc(-c3cccc(N)c3)n[nH]2)cc1. The Balaban J connectivity index is 1.77. The van der Waals surface area contributed by atoms with Crippen LogP contribution in [0.15, 0.2) is 48.5 Å². The molecule has 0 aliphatic heterocycles. The van der Waals surface area contributed by atoms with Crippen molar-refractivity contribution in [3.05, 3.63) is 65.5 Å². The normalized spacial score (nSPS) is 11.6. The number of hydrogen-bond acceptors (Lipinski definition) is 3. The highest BCUT2D eigenvalue weighted by molar-refractivity contribution is 5.60. The second-order valence-electron chi connectivity index (χ2n) is 6.85. The Morgan fingerprint density at radius 3 is 2.43 bits per heavy atom. The predicted octanol–water partition coefficient (Wildman–Crippen LogP) is 3.94. The van der Waals surface area contributed by atoms with Gasteiger partial charge in [-0.2, -0.15) is 5.10 Å². The highest BCUT2D eigenvalue weighted by Gasteiger charge is 2.13. The van der Waals surface area contributed by atoms with Gasteiger partial charge in [0.1, 0.15) is 5.82 Å². The Labute approximate surface area is 136 Å². The Morgan fingerprint density at radius 2 is 1.78 bits per heavy atom. The first kappa shape index (κ1) is 15.3. The van der Waals surface area contributed by atoms with E-state index in [2.05, 4.69) is 60.2 Å². The summed E-state index contributed by atoms with van der Waals surface area (Å²) in [5, 5.41) is 7.30. The van der Waals surface area contributed by atoms with Crippen LogP contribution < -0.4 is 5.73 Å². The lowest BCUT2D eigenvalue weighted by Crippen LogP contribution is -2.10. The van der Waals surface area contributed by atoms with Crippen molar-refractivity contribution in [2.24, 2.45) is 0 Å². The third-order valence-corrected chi connectivity index (χ3v) is 3.87. The molecule has 3 rings (SSSR count). The van der Waals surface area contributed by atoms with E-state index in [1.54, 1.807) is 0 Å². The van der Waals surface area contributed by atoms with E-state index in [1.165, 1.54) is 11.1 Å². The fraction of sp³-hybridized carbons (Fsp3) is 0.263. The maximum absolute atomic E-state index is 5.81. The van der Waals surface area contributed by atoms with Crippen LogP contribution in [0.3, 0.4) is 0 Å². The van der Waals surface area contributed by atoms with Gasteiger partial charge in [0.15, 0.2) is 5.82 Å². The fourth-order valence-corrected chi connectivity index (χ4v) is 2.50. The van der Waals surface area contributed by atoms with Crippen LogP contribution in [-0.4, -0.2) is 15.2 Å². The highest BCUT2D eigenvalue weighted by atomic mass is 15.2. The first-order valence-electron chi connectivity index (χ1n) is 7.78. The molecule has 3 aromatic rings. The zero-order valence-corrected chi connectivity index (χ0v) is 13.8. The molecule has 0 saturated carbocycles. The molecule has 0 aliphatic carbocycles. The van der Waals surface area contributed by atoms with Gasteiger partial charge in [-0.25, -0.2) is 4.98 Å². The van der Waals surface area contributed by atoms with Gasteiger partial charge in [-0.1, -0.05) is 57.2 Å². The molecule has 4 heteroatoms. The Morgan fingerprint density at radius 1 is 1.04 bits per heavy atom. The van der Waals surface area contributed by atoms with Crippen molar-refractivity contribution in [1.29, 1.82) is 0 Å². The molecule has 0 spiro atoms. The molecule has 1 heterocycles. The van der Waals surface area contributed by atoms with E-state index < -0.39 is 0 Å². The number of H-pyrrole nitrogens is 1. The van der Waals surface area contributed by atoms with Crippen LogP contribution in [-0.2, 0) is 11.8 Å². The monoisotopic (exact) mass is 306 g/mol. The number of hydrogen-bond donors (Lipinski definition) is 2. The third-order valence-electron chi connectivity index (χ3n) is 3.87. The van der Waals surface area contributed by atoms with Crippen LogP contribution in [0.5, 0.6) is 0 Å². The average molecular weight is 306 g/mol. The van der Waals surface area contributed by atoms with E-state index in [-0.39, 0.29) is 5.41 Å². The van der Waals surface area contributed by atoms with Gasteiger partial charge in [0, 0.05) is 17.7 Å². The van der Waals surface area contributed by atoms with Gasteiger partial charge in [0.05, 0.1) is 0 Å². The standard InChI is InChI=1S/C19H22N4/c1-19(2,3)15-9-7-13(8-10-15)11-17-21-18(23-22-17)14-5-4-6-16(20)12-14/h4-10,12H,11,20H2,1-3H3,(H,21,22,23). The maximum Gasteiger partial charge on any atom is 0.181 e. The second kappa shape index (κ2) is 5.88. The molecular formula is C19H22N4. The molecule has 0 amide bonds. The van der Waals surface area contributed by atoms with Crippen LogP contribution in [0.4, 0.5) is 5.69 Å². The molecule has 0 fully saturated rings. The number of benzene rings is 2. The fourth-order valence-electron chi connectivity index (χ4n) is 2.50. The molecule has 118 valence electrons. The lowest BCUT2D eigenvalue weighted by atomic mass is 9.86. The average Bonchev–Trinajstić information content (AvgIpc) is 2.95. The maximum atomic E-state index is 5.81. The molecule has 0 saturated heterocycles. The molecule has 0 unspecified atom stereocenters. The lowest BCUT2D eigenvalue weighted by Gasteiger charge is -2.19. The van der Waals surface area contributed by atoms with Crippen molar-refractivity contribution in [2.75, 3.05) is 5.73 Å². The Hall–Kier alpha value is -2.62. The van der Waals surface area contributed by atoms with Gasteiger partial charge in [-0.15, -0.1) is 0 Å². The summed E-state index contributed by atoms with van der Waals surface area (Å²) in [5.74, 6) is 1.53. The second-order valence-corrected chi connectivity index (χ2v) is 6.85. The van der Waals surface area contributed by atoms with Gasteiger partial charge in [0.25, 0.3) is 0 Å². The van der Waals surface area contributed by atoms with Crippen molar-refractivity contribution >= 4 is 5.69 Å². The molecule has 23 heavy (non-hydrogen) atoms. The van der Waals surface area contributed by atoms with E-state index in [0.29, 0.717) is 11.5 Å². The number of nitrogens with one attached hydrogen (secondary N) is 1. The molecule has 0 radical (unpaired) electrons. The lowest BCUT2D eigenvalue weighted by molar-refractivity contribution is 0.590.